The lowest BCUT2D eigenvalue weighted by atomic mass is 10.1. The van der Waals surface area contributed by atoms with E-state index in [1.165, 1.54) is 0 Å². The third kappa shape index (κ3) is 5.75. The molecule has 0 unspecified atom stereocenters. The van der Waals surface area contributed by atoms with E-state index in [2.05, 4.69) is 23.8 Å². The van der Waals surface area contributed by atoms with Crippen LogP contribution in [0.5, 0.6) is 0 Å². The molecule has 0 aliphatic carbocycles. The van der Waals surface area contributed by atoms with Crippen LogP contribution in [0.1, 0.15) is 6.92 Å². The highest BCUT2D eigenvalue weighted by Crippen LogP contribution is 2.34. The van der Waals surface area contributed by atoms with Crippen molar-refractivity contribution in [1.29, 1.82) is 0 Å². The molecule has 1 heterocycles. The molecule has 2 rings (SSSR count). The number of carboxylic acid groups (broad SMARTS) is 1. The molecule has 1 aromatic carbocycles. The maximum Gasteiger partial charge on any atom is 0.490 e. The first-order valence-corrected chi connectivity index (χ1v) is 7.49. The second-order valence-electron chi connectivity index (χ2n) is 5.18. The Bertz CT molecular complexity index is 555. The zero-order valence-corrected chi connectivity index (χ0v) is 14.1. The van der Waals surface area contributed by atoms with Crippen molar-refractivity contribution in [2.24, 2.45) is 0 Å². The highest BCUT2D eigenvalue weighted by molar-refractivity contribution is 6.43. The van der Waals surface area contributed by atoms with E-state index in [1.54, 1.807) is 0 Å². The summed E-state index contributed by atoms with van der Waals surface area (Å²) in [5.41, 5.74) is 1.05. The van der Waals surface area contributed by atoms with Crippen LogP contribution in [-0.2, 0) is 4.79 Å². The number of halogens is 5. The maximum atomic E-state index is 10.6. The molecular weight excluding hydrogens is 356 g/mol. The van der Waals surface area contributed by atoms with E-state index in [0.717, 1.165) is 25.3 Å². The summed E-state index contributed by atoms with van der Waals surface area (Å²) in [6, 6.07) is 6.29. The Balaban J connectivity index is 0.000000322. The first-order valence-electron chi connectivity index (χ1n) is 6.73. The van der Waals surface area contributed by atoms with Gasteiger partial charge in [0, 0.05) is 25.7 Å². The van der Waals surface area contributed by atoms with Gasteiger partial charge in [0.25, 0.3) is 0 Å². The normalized spacial score (nSPS) is 19.1. The maximum absolute atomic E-state index is 10.6. The number of piperazine rings is 1. The van der Waals surface area contributed by atoms with Gasteiger partial charge in [-0.25, -0.2) is 4.79 Å². The summed E-state index contributed by atoms with van der Waals surface area (Å²) in [5, 5.41) is 8.42. The lowest BCUT2D eigenvalue weighted by molar-refractivity contribution is -0.192. The molecule has 1 aliphatic heterocycles. The SMILES string of the molecule is C[C@@H]1CN(C)CCN1c1cccc(Cl)c1Cl.O=C(O)C(F)(F)F. The van der Waals surface area contributed by atoms with Gasteiger partial charge in [-0.05, 0) is 26.1 Å². The van der Waals surface area contributed by atoms with Gasteiger partial charge in [0.1, 0.15) is 0 Å². The topological polar surface area (TPSA) is 43.8 Å². The van der Waals surface area contributed by atoms with Crippen molar-refractivity contribution in [1.82, 2.24) is 4.90 Å². The monoisotopic (exact) mass is 372 g/mol. The number of carbonyl (C=O) groups is 1. The van der Waals surface area contributed by atoms with Crippen molar-refractivity contribution in [3.8, 4) is 0 Å². The molecule has 4 nitrogen and oxygen atoms in total. The minimum Gasteiger partial charge on any atom is -0.475 e. The molecule has 130 valence electrons. The van der Waals surface area contributed by atoms with E-state index < -0.39 is 12.1 Å². The molecule has 0 radical (unpaired) electrons. The Hall–Kier alpha value is -1.18. The molecule has 0 bridgehead atoms. The Labute approximate surface area is 142 Å². The fourth-order valence-corrected chi connectivity index (χ4v) is 2.62. The summed E-state index contributed by atoms with van der Waals surface area (Å²) in [6.07, 6.45) is -5.08. The van der Waals surface area contributed by atoms with Gasteiger partial charge in [0.15, 0.2) is 0 Å². The number of likely N-dealkylation sites (N-methyl/N-ethyl adjacent to an activating group) is 1. The third-order valence-corrected chi connectivity index (χ3v) is 4.12. The van der Waals surface area contributed by atoms with Crippen LogP contribution in [0.4, 0.5) is 18.9 Å². The molecule has 0 saturated carbocycles. The molecule has 0 aromatic heterocycles. The van der Waals surface area contributed by atoms with Gasteiger partial charge >= 0.3 is 12.1 Å². The number of rotatable bonds is 1. The minimum absolute atomic E-state index is 0.467. The summed E-state index contributed by atoms with van der Waals surface area (Å²) in [5.74, 6) is -2.76. The smallest absolute Gasteiger partial charge is 0.475 e. The van der Waals surface area contributed by atoms with E-state index in [1.807, 2.05) is 18.2 Å². The molecule has 1 aromatic rings. The Morgan fingerprint density at radius 1 is 1.30 bits per heavy atom. The van der Waals surface area contributed by atoms with Crippen LogP contribution < -0.4 is 4.90 Å². The lowest BCUT2D eigenvalue weighted by Crippen LogP contribution is -2.50. The van der Waals surface area contributed by atoms with Crippen LogP contribution in [0.25, 0.3) is 0 Å². The second kappa shape index (κ2) is 8.08. The van der Waals surface area contributed by atoms with Crippen LogP contribution in [0.3, 0.4) is 0 Å². The highest BCUT2D eigenvalue weighted by atomic mass is 35.5. The first-order chi connectivity index (χ1) is 10.5. The van der Waals surface area contributed by atoms with Gasteiger partial charge in [-0.3, -0.25) is 0 Å². The van der Waals surface area contributed by atoms with Crippen LogP contribution in [-0.4, -0.2) is 54.9 Å². The summed E-state index contributed by atoms with van der Waals surface area (Å²) in [7, 11) is 2.15. The molecule has 23 heavy (non-hydrogen) atoms. The number of alkyl halides is 3. The standard InChI is InChI=1S/C12H16Cl2N2.C2HF3O2/c1-9-8-15(2)6-7-16(9)11-5-3-4-10(13)12(11)14;3-2(4,5)1(6)7/h3-5,9H,6-8H2,1-2H3;(H,6,7)/t9-;/m1./s1. The van der Waals surface area contributed by atoms with Gasteiger partial charge in [0.05, 0.1) is 15.7 Å². The molecule has 1 atom stereocenters. The second-order valence-corrected chi connectivity index (χ2v) is 5.97. The van der Waals surface area contributed by atoms with Crippen LogP contribution in [0.2, 0.25) is 10.0 Å². The summed E-state index contributed by atoms with van der Waals surface area (Å²) in [4.78, 5) is 13.6. The number of benzene rings is 1. The summed E-state index contributed by atoms with van der Waals surface area (Å²) >= 11 is 12.3. The van der Waals surface area contributed by atoms with Gasteiger partial charge in [-0.2, -0.15) is 13.2 Å². The van der Waals surface area contributed by atoms with Gasteiger partial charge in [-0.15, -0.1) is 0 Å². The summed E-state index contributed by atoms with van der Waals surface area (Å²) in [6.45, 7) is 5.33. The average molecular weight is 373 g/mol. The molecule has 1 saturated heterocycles. The van der Waals surface area contributed by atoms with Crippen molar-refractivity contribution >= 4 is 34.9 Å². The van der Waals surface area contributed by atoms with Gasteiger partial charge in [0.2, 0.25) is 0 Å². The van der Waals surface area contributed by atoms with E-state index in [0.29, 0.717) is 16.1 Å². The zero-order valence-electron chi connectivity index (χ0n) is 12.6. The number of hydrogen-bond acceptors (Lipinski definition) is 3. The highest BCUT2D eigenvalue weighted by Gasteiger charge is 2.38. The fourth-order valence-electron chi connectivity index (χ4n) is 2.21. The lowest BCUT2D eigenvalue weighted by Gasteiger charge is -2.40. The van der Waals surface area contributed by atoms with Crippen LogP contribution >= 0.6 is 23.2 Å². The van der Waals surface area contributed by atoms with Crippen molar-refractivity contribution in [3.05, 3.63) is 28.2 Å². The molecular formula is C14H17Cl2F3N2O2. The largest absolute Gasteiger partial charge is 0.490 e. The van der Waals surface area contributed by atoms with E-state index in [-0.39, 0.29) is 0 Å². The fraction of sp³-hybridized carbons (Fsp3) is 0.500. The number of carboxylic acids is 1. The van der Waals surface area contributed by atoms with Crippen molar-refractivity contribution in [2.75, 3.05) is 31.6 Å². The average Bonchev–Trinajstić information content (AvgIpc) is 2.42. The minimum atomic E-state index is -5.08. The van der Waals surface area contributed by atoms with E-state index in [9.17, 15) is 13.2 Å². The van der Waals surface area contributed by atoms with Crippen molar-refractivity contribution in [3.63, 3.8) is 0 Å². The number of nitrogens with zero attached hydrogens (tertiary/aromatic N) is 2. The first kappa shape index (κ1) is 19.9. The molecule has 1 N–H and O–H groups in total. The van der Waals surface area contributed by atoms with Crippen LogP contribution in [0, 0.1) is 0 Å². The number of aliphatic carboxylic acids is 1. The molecule has 9 heteroatoms. The molecule has 1 aliphatic rings. The summed E-state index contributed by atoms with van der Waals surface area (Å²) < 4.78 is 31.7. The number of anilines is 1. The molecule has 1 fully saturated rings. The Morgan fingerprint density at radius 3 is 2.35 bits per heavy atom. The quantitative estimate of drug-likeness (QED) is 0.814. The molecule has 0 spiro atoms. The van der Waals surface area contributed by atoms with Gasteiger partial charge < -0.3 is 14.9 Å². The Kier molecular flexibility index (Phi) is 6.98. The van der Waals surface area contributed by atoms with Crippen molar-refractivity contribution in [2.45, 2.75) is 19.1 Å². The van der Waals surface area contributed by atoms with Crippen LogP contribution in [0.15, 0.2) is 18.2 Å². The van der Waals surface area contributed by atoms with E-state index >= 15 is 0 Å². The number of hydrogen-bond donors (Lipinski definition) is 1. The predicted molar refractivity (Wildman–Crippen MR) is 84.5 cm³/mol. The van der Waals surface area contributed by atoms with Crippen molar-refractivity contribution < 1.29 is 23.1 Å². The molecule has 0 amide bonds. The zero-order chi connectivity index (χ0) is 17.8. The third-order valence-electron chi connectivity index (χ3n) is 3.31. The van der Waals surface area contributed by atoms with Gasteiger partial charge in [-0.1, -0.05) is 29.3 Å². The Morgan fingerprint density at radius 2 is 1.87 bits per heavy atom. The van der Waals surface area contributed by atoms with E-state index in [4.69, 9.17) is 33.1 Å². The predicted octanol–water partition coefficient (Wildman–Crippen LogP) is 3.77.